The Labute approximate surface area is 149 Å². The predicted octanol–water partition coefficient (Wildman–Crippen LogP) is 3.85. The van der Waals surface area contributed by atoms with Gasteiger partial charge in [0, 0.05) is 27.8 Å². The summed E-state index contributed by atoms with van der Waals surface area (Å²) in [6, 6.07) is 12.9. The van der Waals surface area contributed by atoms with E-state index >= 15 is 0 Å². The van der Waals surface area contributed by atoms with Gasteiger partial charge in [-0.05, 0) is 36.2 Å². The summed E-state index contributed by atoms with van der Waals surface area (Å²) < 4.78 is 5.07. The monoisotopic (exact) mass is 356 g/mol. The van der Waals surface area contributed by atoms with Crippen LogP contribution >= 0.6 is 11.6 Å². The summed E-state index contributed by atoms with van der Waals surface area (Å²) in [5, 5.41) is 4.22. The Morgan fingerprint density at radius 2 is 1.96 bits per heavy atom. The number of benzene rings is 2. The molecule has 3 rings (SSSR count). The number of fused-ring (bicyclic) bond motifs is 1. The van der Waals surface area contributed by atoms with Crippen molar-refractivity contribution in [1.29, 1.82) is 0 Å². The minimum absolute atomic E-state index is 0.105. The van der Waals surface area contributed by atoms with Gasteiger partial charge in [-0.1, -0.05) is 35.9 Å². The standard InChI is InChI=1S/C19H17ClN2O3/c1-12-15(20)6-4-8-16(12)22-18(23)11-25-19(24)9-13-10-21-17-7-3-2-5-14(13)17/h2-8,10,21H,9,11H2,1H3,(H,22,23). The number of ether oxygens (including phenoxy) is 1. The molecule has 0 aliphatic heterocycles. The fourth-order valence-corrected chi connectivity index (χ4v) is 2.73. The van der Waals surface area contributed by atoms with Crippen LogP contribution in [0.4, 0.5) is 5.69 Å². The van der Waals surface area contributed by atoms with Gasteiger partial charge in [-0.25, -0.2) is 0 Å². The fraction of sp³-hybridized carbons (Fsp3) is 0.158. The van der Waals surface area contributed by atoms with Crippen LogP contribution < -0.4 is 5.32 Å². The van der Waals surface area contributed by atoms with Gasteiger partial charge in [0.2, 0.25) is 0 Å². The molecule has 0 spiro atoms. The van der Waals surface area contributed by atoms with Crippen LogP contribution in [0.3, 0.4) is 0 Å². The second-order valence-corrected chi connectivity index (χ2v) is 6.06. The number of hydrogen-bond acceptors (Lipinski definition) is 3. The van der Waals surface area contributed by atoms with Gasteiger partial charge in [-0.2, -0.15) is 0 Å². The quantitative estimate of drug-likeness (QED) is 0.682. The second kappa shape index (κ2) is 7.40. The molecule has 0 aliphatic rings. The first-order valence-electron chi connectivity index (χ1n) is 7.80. The van der Waals surface area contributed by atoms with Crippen molar-refractivity contribution in [3.63, 3.8) is 0 Å². The molecular formula is C19H17ClN2O3. The smallest absolute Gasteiger partial charge is 0.310 e. The Hall–Kier alpha value is -2.79. The van der Waals surface area contributed by atoms with Crippen molar-refractivity contribution in [2.75, 3.05) is 11.9 Å². The van der Waals surface area contributed by atoms with Gasteiger partial charge in [-0.3, -0.25) is 9.59 Å². The van der Waals surface area contributed by atoms with Crippen molar-refractivity contribution >= 4 is 40.1 Å². The number of H-pyrrole nitrogens is 1. The Bertz CT molecular complexity index is 933. The van der Waals surface area contributed by atoms with Crippen molar-refractivity contribution in [2.24, 2.45) is 0 Å². The van der Waals surface area contributed by atoms with E-state index in [0.717, 1.165) is 22.0 Å². The number of nitrogens with one attached hydrogen (secondary N) is 2. The molecule has 0 unspecified atom stereocenters. The van der Waals surface area contributed by atoms with Crippen LogP contribution in [0.5, 0.6) is 0 Å². The lowest BCUT2D eigenvalue weighted by molar-refractivity contribution is -0.146. The molecule has 2 aromatic carbocycles. The van der Waals surface area contributed by atoms with E-state index < -0.39 is 11.9 Å². The molecule has 0 saturated carbocycles. The van der Waals surface area contributed by atoms with E-state index in [2.05, 4.69) is 10.3 Å². The topological polar surface area (TPSA) is 71.2 Å². The summed E-state index contributed by atoms with van der Waals surface area (Å²) >= 11 is 6.01. The molecule has 25 heavy (non-hydrogen) atoms. The molecular weight excluding hydrogens is 340 g/mol. The van der Waals surface area contributed by atoms with Gasteiger partial charge < -0.3 is 15.0 Å². The van der Waals surface area contributed by atoms with E-state index in [9.17, 15) is 9.59 Å². The maximum Gasteiger partial charge on any atom is 0.310 e. The third-order valence-corrected chi connectivity index (χ3v) is 4.33. The van der Waals surface area contributed by atoms with E-state index in [1.54, 1.807) is 31.3 Å². The van der Waals surface area contributed by atoms with Crippen molar-refractivity contribution < 1.29 is 14.3 Å². The number of aromatic nitrogens is 1. The molecule has 0 radical (unpaired) electrons. The zero-order valence-electron chi connectivity index (χ0n) is 13.6. The number of rotatable bonds is 5. The van der Waals surface area contributed by atoms with Crippen LogP contribution in [0.1, 0.15) is 11.1 Å². The zero-order chi connectivity index (χ0) is 17.8. The summed E-state index contributed by atoms with van der Waals surface area (Å²) in [7, 11) is 0. The lowest BCUT2D eigenvalue weighted by Gasteiger charge is -2.09. The van der Waals surface area contributed by atoms with Crippen molar-refractivity contribution in [3.8, 4) is 0 Å². The molecule has 1 amide bonds. The number of halogens is 1. The lowest BCUT2D eigenvalue weighted by Crippen LogP contribution is -2.22. The Morgan fingerprint density at radius 1 is 1.16 bits per heavy atom. The van der Waals surface area contributed by atoms with Crippen LogP contribution in [-0.2, 0) is 20.7 Å². The van der Waals surface area contributed by atoms with E-state index in [4.69, 9.17) is 16.3 Å². The average molecular weight is 357 g/mol. The van der Waals surface area contributed by atoms with Gasteiger partial charge in [0.25, 0.3) is 5.91 Å². The van der Waals surface area contributed by atoms with Crippen LogP contribution in [0.15, 0.2) is 48.7 Å². The van der Waals surface area contributed by atoms with E-state index in [1.807, 2.05) is 24.3 Å². The van der Waals surface area contributed by atoms with Crippen molar-refractivity contribution in [3.05, 3.63) is 64.8 Å². The Morgan fingerprint density at radius 3 is 2.80 bits per heavy atom. The molecule has 6 heteroatoms. The van der Waals surface area contributed by atoms with Gasteiger partial charge in [0.15, 0.2) is 6.61 Å². The maximum absolute atomic E-state index is 12.0. The molecule has 1 aromatic heterocycles. The lowest BCUT2D eigenvalue weighted by atomic mass is 10.1. The molecule has 0 bridgehead atoms. The van der Waals surface area contributed by atoms with E-state index in [0.29, 0.717) is 10.7 Å². The third kappa shape index (κ3) is 4.00. The molecule has 128 valence electrons. The van der Waals surface area contributed by atoms with Crippen molar-refractivity contribution in [1.82, 2.24) is 4.98 Å². The van der Waals surface area contributed by atoms with E-state index in [1.165, 1.54) is 0 Å². The highest BCUT2D eigenvalue weighted by molar-refractivity contribution is 6.31. The second-order valence-electron chi connectivity index (χ2n) is 5.66. The predicted molar refractivity (Wildman–Crippen MR) is 97.8 cm³/mol. The number of carbonyl (C=O) groups excluding carboxylic acids is 2. The number of esters is 1. The summed E-state index contributed by atoms with van der Waals surface area (Å²) in [4.78, 5) is 27.1. The first kappa shape index (κ1) is 17.0. The van der Waals surface area contributed by atoms with Crippen LogP contribution in [0.25, 0.3) is 10.9 Å². The Kier molecular flexibility index (Phi) is 5.05. The molecule has 0 saturated heterocycles. The number of carbonyl (C=O) groups is 2. The molecule has 3 aromatic rings. The highest BCUT2D eigenvalue weighted by atomic mass is 35.5. The van der Waals surface area contributed by atoms with Gasteiger partial charge >= 0.3 is 5.97 Å². The zero-order valence-corrected chi connectivity index (χ0v) is 14.4. The summed E-state index contributed by atoms with van der Waals surface area (Å²) in [6.45, 7) is 1.47. The molecule has 0 aliphatic carbocycles. The first-order chi connectivity index (χ1) is 12.0. The highest BCUT2D eigenvalue weighted by Crippen LogP contribution is 2.23. The minimum Gasteiger partial charge on any atom is -0.455 e. The van der Waals surface area contributed by atoms with Gasteiger partial charge in [-0.15, -0.1) is 0 Å². The van der Waals surface area contributed by atoms with Crippen molar-refractivity contribution in [2.45, 2.75) is 13.3 Å². The van der Waals surface area contributed by atoms with Gasteiger partial charge in [0.05, 0.1) is 6.42 Å². The molecule has 0 atom stereocenters. The first-order valence-corrected chi connectivity index (χ1v) is 8.18. The molecule has 1 heterocycles. The summed E-state index contributed by atoms with van der Waals surface area (Å²) in [6.07, 6.45) is 1.88. The molecule has 5 nitrogen and oxygen atoms in total. The highest BCUT2D eigenvalue weighted by Gasteiger charge is 2.12. The minimum atomic E-state index is -0.456. The Balaban J connectivity index is 1.55. The van der Waals surface area contributed by atoms with Gasteiger partial charge in [0.1, 0.15) is 0 Å². The van der Waals surface area contributed by atoms with E-state index in [-0.39, 0.29) is 13.0 Å². The normalized spacial score (nSPS) is 10.6. The number of para-hydroxylation sites is 1. The summed E-state index contributed by atoms with van der Waals surface area (Å²) in [5.74, 6) is -0.861. The third-order valence-electron chi connectivity index (χ3n) is 3.92. The van der Waals surface area contributed by atoms with Crippen LogP contribution in [0, 0.1) is 6.92 Å². The number of hydrogen-bond donors (Lipinski definition) is 2. The maximum atomic E-state index is 12.0. The number of anilines is 1. The largest absolute Gasteiger partial charge is 0.455 e. The molecule has 0 fully saturated rings. The summed E-state index contributed by atoms with van der Waals surface area (Å²) in [5.41, 5.74) is 3.17. The van der Waals surface area contributed by atoms with Crippen LogP contribution in [-0.4, -0.2) is 23.5 Å². The SMILES string of the molecule is Cc1c(Cl)cccc1NC(=O)COC(=O)Cc1c[nH]c2ccccc12. The van der Waals surface area contributed by atoms with Crippen LogP contribution in [0.2, 0.25) is 5.02 Å². The fourth-order valence-electron chi connectivity index (χ4n) is 2.56. The number of aromatic amines is 1. The number of amides is 1. The average Bonchev–Trinajstić information content (AvgIpc) is 3.00. The molecule has 2 N–H and O–H groups in total.